The molecule has 0 bridgehead atoms. The Labute approximate surface area is 139 Å². The molecular formula is C17H16ClNO4. The fourth-order valence-corrected chi connectivity index (χ4v) is 2.01. The first kappa shape index (κ1) is 16.8. The van der Waals surface area contributed by atoms with Crippen LogP contribution in [0.15, 0.2) is 42.5 Å². The van der Waals surface area contributed by atoms with Crippen molar-refractivity contribution in [1.82, 2.24) is 0 Å². The Hall–Kier alpha value is -2.53. The van der Waals surface area contributed by atoms with Crippen LogP contribution in [0.3, 0.4) is 0 Å². The van der Waals surface area contributed by atoms with Crippen molar-refractivity contribution < 1.29 is 19.1 Å². The molecule has 120 valence electrons. The number of anilines is 1. The maximum absolute atomic E-state index is 11.9. The van der Waals surface area contributed by atoms with Crippen LogP contribution in [0.5, 0.6) is 5.75 Å². The Morgan fingerprint density at radius 2 is 1.96 bits per heavy atom. The van der Waals surface area contributed by atoms with Crippen LogP contribution in [0.4, 0.5) is 5.69 Å². The third kappa shape index (κ3) is 4.72. The highest BCUT2D eigenvalue weighted by Crippen LogP contribution is 2.21. The number of hydrogen-bond acceptors (Lipinski definition) is 4. The summed E-state index contributed by atoms with van der Waals surface area (Å²) in [5.74, 6) is -0.237. The van der Waals surface area contributed by atoms with Gasteiger partial charge in [-0.05, 0) is 48.9 Å². The second-order valence-corrected chi connectivity index (χ2v) is 5.23. The van der Waals surface area contributed by atoms with Crippen molar-refractivity contribution in [2.45, 2.75) is 6.92 Å². The molecule has 0 aromatic heterocycles. The molecule has 2 aromatic rings. The molecule has 2 rings (SSSR count). The highest BCUT2D eigenvalue weighted by atomic mass is 35.5. The molecule has 2 aromatic carbocycles. The molecule has 0 radical (unpaired) electrons. The number of rotatable bonds is 5. The molecule has 1 N–H and O–H groups in total. The lowest BCUT2D eigenvalue weighted by Crippen LogP contribution is -2.20. The Bertz CT molecular complexity index is 730. The van der Waals surface area contributed by atoms with Crippen molar-refractivity contribution >= 4 is 29.2 Å². The third-order valence-electron chi connectivity index (χ3n) is 3.07. The highest BCUT2D eigenvalue weighted by molar-refractivity contribution is 6.31. The van der Waals surface area contributed by atoms with Gasteiger partial charge < -0.3 is 14.8 Å². The maximum Gasteiger partial charge on any atom is 0.337 e. The van der Waals surface area contributed by atoms with E-state index in [1.54, 1.807) is 36.4 Å². The molecule has 1 amide bonds. The number of amides is 1. The van der Waals surface area contributed by atoms with E-state index in [4.69, 9.17) is 16.3 Å². The van der Waals surface area contributed by atoms with Gasteiger partial charge >= 0.3 is 5.97 Å². The standard InChI is InChI=1S/C17H16ClNO4/c1-11-8-14(6-7-15(11)18)23-10-16(20)19-13-5-3-4-12(9-13)17(21)22-2/h3-9H,10H2,1-2H3,(H,19,20). The minimum absolute atomic E-state index is 0.149. The molecule has 23 heavy (non-hydrogen) atoms. The van der Waals surface area contributed by atoms with E-state index in [0.717, 1.165) is 5.56 Å². The lowest BCUT2D eigenvalue weighted by atomic mass is 10.2. The summed E-state index contributed by atoms with van der Waals surface area (Å²) in [5.41, 5.74) is 1.73. The first-order valence-corrected chi connectivity index (χ1v) is 7.24. The summed E-state index contributed by atoms with van der Waals surface area (Å²) in [6.07, 6.45) is 0. The molecule has 0 aliphatic carbocycles. The van der Waals surface area contributed by atoms with Gasteiger partial charge in [-0.25, -0.2) is 4.79 Å². The fraction of sp³-hybridized carbons (Fsp3) is 0.176. The average Bonchev–Trinajstić information content (AvgIpc) is 2.55. The SMILES string of the molecule is COC(=O)c1cccc(NC(=O)COc2ccc(Cl)c(C)c2)c1. The van der Waals surface area contributed by atoms with Gasteiger partial charge in [-0.2, -0.15) is 0 Å². The topological polar surface area (TPSA) is 64.6 Å². The van der Waals surface area contributed by atoms with Gasteiger partial charge in [-0.1, -0.05) is 17.7 Å². The summed E-state index contributed by atoms with van der Waals surface area (Å²) >= 11 is 5.93. The number of hydrogen-bond donors (Lipinski definition) is 1. The minimum Gasteiger partial charge on any atom is -0.484 e. The predicted octanol–water partition coefficient (Wildman–Crippen LogP) is 3.45. The zero-order chi connectivity index (χ0) is 16.8. The van der Waals surface area contributed by atoms with Gasteiger partial charge in [-0.3, -0.25) is 4.79 Å². The summed E-state index contributed by atoms with van der Waals surface area (Å²) in [4.78, 5) is 23.4. The van der Waals surface area contributed by atoms with Gasteiger partial charge in [-0.15, -0.1) is 0 Å². The number of nitrogens with one attached hydrogen (secondary N) is 1. The van der Waals surface area contributed by atoms with Crippen molar-refractivity contribution in [2.24, 2.45) is 0 Å². The van der Waals surface area contributed by atoms with E-state index in [0.29, 0.717) is 22.0 Å². The Kier molecular flexibility index (Phi) is 5.60. The van der Waals surface area contributed by atoms with Crippen molar-refractivity contribution in [3.63, 3.8) is 0 Å². The van der Waals surface area contributed by atoms with Crippen LogP contribution in [-0.2, 0) is 9.53 Å². The van der Waals surface area contributed by atoms with Crippen LogP contribution < -0.4 is 10.1 Å². The number of ether oxygens (including phenoxy) is 2. The Morgan fingerprint density at radius 1 is 1.17 bits per heavy atom. The zero-order valence-electron chi connectivity index (χ0n) is 12.8. The summed E-state index contributed by atoms with van der Waals surface area (Å²) < 4.78 is 10.0. The number of benzene rings is 2. The van der Waals surface area contributed by atoms with E-state index in [1.807, 2.05) is 6.92 Å². The van der Waals surface area contributed by atoms with Crippen LogP contribution in [0.1, 0.15) is 15.9 Å². The first-order valence-electron chi connectivity index (χ1n) is 6.87. The Morgan fingerprint density at radius 3 is 2.65 bits per heavy atom. The number of aryl methyl sites for hydroxylation is 1. The number of halogens is 1. The molecule has 0 heterocycles. The van der Waals surface area contributed by atoms with Gasteiger partial charge in [0.1, 0.15) is 5.75 Å². The smallest absolute Gasteiger partial charge is 0.337 e. The van der Waals surface area contributed by atoms with Crippen LogP contribution in [0.25, 0.3) is 0 Å². The quantitative estimate of drug-likeness (QED) is 0.851. The molecule has 5 nitrogen and oxygen atoms in total. The van der Waals surface area contributed by atoms with E-state index >= 15 is 0 Å². The molecule has 0 fully saturated rings. The predicted molar refractivity (Wildman–Crippen MR) is 88.1 cm³/mol. The van der Waals surface area contributed by atoms with E-state index < -0.39 is 5.97 Å². The summed E-state index contributed by atoms with van der Waals surface area (Å²) in [6.45, 7) is 1.71. The number of carbonyl (C=O) groups is 2. The van der Waals surface area contributed by atoms with Gasteiger partial charge in [0, 0.05) is 10.7 Å². The van der Waals surface area contributed by atoms with Crippen molar-refractivity contribution in [3.8, 4) is 5.75 Å². The normalized spacial score (nSPS) is 10.0. The molecule has 0 unspecified atom stereocenters. The lowest BCUT2D eigenvalue weighted by Gasteiger charge is -2.09. The monoisotopic (exact) mass is 333 g/mol. The van der Waals surface area contributed by atoms with Crippen LogP contribution in [0, 0.1) is 6.92 Å². The first-order chi connectivity index (χ1) is 11.0. The van der Waals surface area contributed by atoms with Crippen LogP contribution in [-0.4, -0.2) is 25.6 Å². The highest BCUT2D eigenvalue weighted by Gasteiger charge is 2.08. The van der Waals surface area contributed by atoms with Crippen LogP contribution >= 0.6 is 11.6 Å². The van der Waals surface area contributed by atoms with Gasteiger partial charge in [0.2, 0.25) is 0 Å². The Balaban J connectivity index is 1.94. The molecule has 0 aliphatic rings. The average molecular weight is 334 g/mol. The molecule has 0 saturated carbocycles. The fourth-order valence-electron chi connectivity index (χ4n) is 1.89. The zero-order valence-corrected chi connectivity index (χ0v) is 13.5. The van der Waals surface area contributed by atoms with Crippen molar-refractivity contribution in [2.75, 3.05) is 19.0 Å². The summed E-state index contributed by atoms with van der Waals surface area (Å²) in [5, 5.41) is 3.30. The van der Waals surface area contributed by atoms with E-state index in [1.165, 1.54) is 13.2 Å². The van der Waals surface area contributed by atoms with Gasteiger partial charge in [0.25, 0.3) is 5.91 Å². The molecule has 0 aliphatic heterocycles. The number of esters is 1. The molecular weight excluding hydrogens is 318 g/mol. The van der Waals surface area contributed by atoms with Gasteiger partial charge in [0.05, 0.1) is 12.7 Å². The summed E-state index contributed by atoms with van der Waals surface area (Å²) in [7, 11) is 1.30. The second-order valence-electron chi connectivity index (χ2n) is 4.82. The largest absolute Gasteiger partial charge is 0.484 e. The summed E-state index contributed by atoms with van der Waals surface area (Å²) in [6, 6.07) is 11.6. The van der Waals surface area contributed by atoms with Crippen molar-refractivity contribution in [1.29, 1.82) is 0 Å². The lowest BCUT2D eigenvalue weighted by molar-refractivity contribution is -0.118. The molecule has 0 atom stereocenters. The van der Waals surface area contributed by atoms with Crippen molar-refractivity contribution in [3.05, 3.63) is 58.6 Å². The van der Waals surface area contributed by atoms with Crippen LogP contribution in [0.2, 0.25) is 5.02 Å². The molecule has 0 saturated heterocycles. The van der Waals surface area contributed by atoms with Gasteiger partial charge in [0.15, 0.2) is 6.61 Å². The maximum atomic E-state index is 11.9. The minimum atomic E-state index is -0.464. The molecule has 0 spiro atoms. The molecule has 6 heteroatoms. The van der Waals surface area contributed by atoms with E-state index in [9.17, 15) is 9.59 Å². The number of carbonyl (C=O) groups excluding carboxylic acids is 2. The van der Waals surface area contributed by atoms with E-state index in [-0.39, 0.29) is 12.5 Å². The van der Waals surface area contributed by atoms with E-state index in [2.05, 4.69) is 10.1 Å². The third-order valence-corrected chi connectivity index (χ3v) is 3.49. The number of methoxy groups -OCH3 is 1. The second kappa shape index (κ2) is 7.65.